The summed E-state index contributed by atoms with van der Waals surface area (Å²) in [6.45, 7) is 11.9. The molecule has 0 amide bonds. The van der Waals surface area contributed by atoms with Crippen LogP contribution in [0.4, 0.5) is 13.2 Å². The standard InChI is InChI=1S/C38H46F3N7O7S/c1-24-5-6-26(31(36(3,4)35(49)50)28-9-14-48-32(25(28)2)44-45-34(48)38(39,40)41)21-27(24)22-47-23-37(10-18-53-19-11-37)55-33-29(56(47,51)52)7-8-30(43-33)54-20-17-46-15-12-42-13-16-46/h5-9,14,21,31,42H,10-13,15-20,22-23H2,1-4H3,(H,49,50)/t31-/m1/s1. The van der Waals surface area contributed by atoms with Crippen LogP contribution in [0.25, 0.3) is 5.65 Å². The van der Waals surface area contributed by atoms with Crippen LogP contribution in [-0.2, 0) is 32.3 Å². The monoisotopic (exact) mass is 801 g/mol. The molecule has 0 aliphatic carbocycles. The fourth-order valence-corrected chi connectivity index (χ4v) is 9.39. The normalized spacial score (nSPS) is 19.6. The highest BCUT2D eigenvalue weighted by molar-refractivity contribution is 7.89. The predicted octanol–water partition coefficient (Wildman–Crippen LogP) is 4.42. The number of fused-ring (bicyclic) bond motifs is 2. The van der Waals surface area contributed by atoms with Crippen LogP contribution >= 0.6 is 0 Å². The number of pyridine rings is 2. The maximum atomic E-state index is 14.6. The first kappa shape index (κ1) is 39.9. The van der Waals surface area contributed by atoms with Crippen molar-refractivity contribution in [2.45, 2.75) is 69.7 Å². The van der Waals surface area contributed by atoms with Gasteiger partial charge in [-0.15, -0.1) is 10.2 Å². The number of benzene rings is 1. The summed E-state index contributed by atoms with van der Waals surface area (Å²) in [5, 5.41) is 21.0. The number of sulfonamides is 1. The van der Waals surface area contributed by atoms with E-state index in [0.29, 0.717) is 61.5 Å². The third-order valence-electron chi connectivity index (χ3n) is 11.2. The Kier molecular flexibility index (Phi) is 10.8. The highest BCUT2D eigenvalue weighted by Crippen LogP contribution is 2.45. The Morgan fingerprint density at radius 3 is 2.50 bits per heavy atom. The molecule has 1 spiro atoms. The van der Waals surface area contributed by atoms with E-state index in [0.717, 1.165) is 36.1 Å². The Balaban J connectivity index is 1.24. The average Bonchev–Trinajstić information content (AvgIpc) is 3.58. The number of carboxylic acid groups (broad SMARTS) is 1. The topological polar surface area (TPSA) is 161 Å². The van der Waals surface area contributed by atoms with Gasteiger partial charge in [-0.1, -0.05) is 18.2 Å². The number of carboxylic acids is 1. The van der Waals surface area contributed by atoms with Crippen LogP contribution in [0.15, 0.2) is 47.5 Å². The molecule has 18 heteroatoms. The summed E-state index contributed by atoms with van der Waals surface area (Å²) in [6.07, 6.45) is -2.71. The van der Waals surface area contributed by atoms with Gasteiger partial charge >= 0.3 is 12.1 Å². The van der Waals surface area contributed by atoms with E-state index in [1.807, 2.05) is 6.92 Å². The number of alkyl halides is 3. The molecule has 56 heavy (non-hydrogen) atoms. The van der Waals surface area contributed by atoms with Gasteiger partial charge in [0.05, 0.1) is 25.2 Å². The van der Waals surface area contributed by atoms with Crippen molar-refractivity contribution < 1.29 is 45.7 Å². The summed E-state index contributed by atoms with van der Waals surface area (Å²) in [4.78, 5) is 19.6. The van der Waals surface area contributed by atoms with Gasteiger partial charge in [-0.2, -0.15) is 22.5 Å². The van der Waals surface area contributed by atoms with Crippen molar-refractivity contribution in [3.8, 4) is 11.8 Å². The van der Waals surface area contributed by atoms with Gasteiger partial charge in [0.2, 0.25) is 27.6 Å². The lowest BCUT2D eigenvalue weighted by Crippen LogP contribution is -2.50. The van der Waals surface area contributed by atoms with Crippen LogP contribution in [0.2, 0.25) is 0 Å². The molecule has 2 saturated heterocycles. The zero-order chi connectivity index (χ0) is 40.0. The first-order valence-electron chi connectivity index (χ1n) is 18.6. The highest BCUT2D eigenvalue weighted by Gasteiger charge is 2.46. The van der Waals surface area contributed by atoms with E-state index in [1.165, 1.54) is 28.7 Å². The maximum Gasteiger partial charge on any atom is 0.452 e. The van der Waals surface area contributed by atoms with Gasteiger partial charge in [0.15, 0.2) is 5.65 Å². The number of rotatable bonds is 10. The Labute approximate surface area is 323 Å². The number of carbonyl (C=O) groups is 1. The summed E-state index contributed by atoms with van der Waals surface area (Å²) in [7, 11) is -4.20. The quantitative estimate of drug-likeness (QED) is 0.233. The van der Waals surface area contributed by atoms with Crippen molar-refractivity contribution in [1.82, 2.24) is 34.1 Å². The Bertz CT molecular complexity index is 2220. The Morgan fingerprint density at radius 2 is 1.80 bits per heavy atom. The fraction of sp³-hybridized carbons (Fsp3) is 0.526. The molecule has 3 aromatic heterocycles. The first-order chi connectivity index (χ1) is 26.5. The molecule has 302 valence electrons. The molecule has 0 saturated carbocycles. The van der Waals surface area contributed by atoms with Gasteiger partial charge in [-0.3, -0.25) is 14.1 Å². The van der Waals surface area contributed by atoms with E-state index < -0.39 is 44.9 Å². The number of hydrogen-bond acceptors (Lipinski definition) is 11. The van der Waals surface area contributed by atoms with Crippen molar-refractivity contribution in [2.24, 2.45) is 5.41 Å². The van der Waals surface area contributed by atoms with Gasteiger partial charge in [-0.05, 0) is 67.6 Å². The molecule has 6 heterocycles. The molecule has 14 nitrogen and oxygen atoms in total. The number of aryl methyl sites for hydroxylation is 2. The smallest absolute Gasteiger partial charge is 0.452 e. The number of aromatic nitrogens is 4. The van der Waals surface area contributed by atoms with E-state index >= 15 is 0 Å². The van der Waals surface area contributed by atoms with Crippen molar-refractivity contribution in [2.75, 3.05) is 59.1 Å². The lowest BCUT2D eigenvalue weighted by molar-refractivity contribution is -0.147. The molecule has 2 N–H and O–H groups in total. The van der Waals surface area contributed by atoms with E-state index in [9.17, 15) is 31.5 Å². The van der Waals surface area contributed by atoms with E-state index in [2.05, 4.69) is 25.4 Å². The number of nitrogens with zero attached hydrogens (tertiary/aromatic N) is 6. The average molecular weight is 802 g/mol. The molecule has 4 aromatic rings. The summed E-state index contributed by atoms with van der Waals surface area (Å²) < 4.78 is 90.7. The van der Waals surface area contributed by atoms with Crippen LogP contribution in [0.1, 0.15) is 66.2 Å². The van der Waals surface area contributed by atoms with E-state index in [4.69, 9.17) is 14.2 Å². The van der Waals surface area contributed by atoms with Gasteiger partial charge in [0.1, 0.15) is 17.1 Å². The zero-order valence-corrected chi connectivity index (χ0v) is 32.5. The minimum atomic E-state index is -4.75. The third-order valence-corrected chi connectivity index (χ3v) is 13.0. The Hall–Kier alpha value is -4.36. The molecule has 7 rings (SSSR count). The molecule has 0 radical (unpaired) electrons. The third kappa shape index (κ3) is 7.68. The van der Waals surface area contributed by atoms with Crippen molar-refractivity contribution in [1.29, 1.82) is 0 Å². The highest BCUT2D eigenvalue weighted by atomic mass is 32.2. The van der Waals surface area contributed by atoms with Crippen LogP contribution < -0.4 is 14.8 Å². The Morgan fingerprint density at radius 1 is 1.07 bits per heavy atom. The number of aliphatic carboxylic acids is 1. The molecular weight excluding hydrogens is 756 g/mol. The fourth-order valence-electron chi connectivity index (χ4n) is 7.84. The zero-order valence-electron chi connectivity index (χ0n) is 31.7. The van der Waals surface area contributed by atoms with Gasteiger partial charge in [-0.25, -0.2) is 8.42 Å². The van der Waals surface area contributed by atoms with Gasteiger partial charge in [0.25, 0.3) is 0 Å². The molecule has 1 atom stereocenters. The number of halogens is 3. The largest absolute Gasteiger partial charge is 0.481 e. The van der Waals surface area contributed by atoms with Gasteiger partial charge < -0.3 is 24.6 Å². The molecule has 0 bridgehead atoms. The SMILES string of the molecule is Cc1ccc([C@H](c2ccn3c(C(F)(F)F)nnc3c2C)C(C)(C)C(=O)O)cc1CN1CC2(CCOCC2)Oc2nc(OCCN3CCNCC3)ccc2S1(=O)=O. The number of ether oxygens (including phenoxy) is 3. The molecular formula is C38H46F3N7O7S. The van der Waals surface area contributed by atoms with Crippen molar-refractivity contribution >= 4 is 21.6 Å². The second-order valence-corrected chi connectivity index (χ2v) is 17.2. The van der Waals surface area contributed by atoms with Crippen molar-refractivity contribution in [3.05, 3.63) is 76.2 Å². The minimum Gasteiger partial charge on any atom is -0.481 e. The molecule has 0 unspecified atom stereocenters. The van der Waals surface area contributed by atoms with E-state index in [-0.39, 0.29) is 35.4 Å². The molecule has 3 aliphatic heterocycles. The summed E-state index contributed by atoms with van der Waals surface area (Å²) in [6, 6.07) is 9.82. The maximum absolute atomic E-state index is 14.6. The van der Waals surface area contributed by atoms with Crippen LogP contribution in [0, 0.1) is 19.3 Å². The van der Waals surface area contributed by atoms with Crippen LogP contribution in [0.3, 0.4) is 0 Å². The summed E-state index contributed by atoms with van der Waals surface area (Å²) in [5.74, 6) is -2.97. The molecule has 1 aromatic carbocycles. The number of hydrogen-bond donors (Lipinski definition) is 2. The minimum absolute atomic E-state index is 0.00610. The molecule has 3 aliphatic rings. The summed E-state index contributed by atoms with van der Waals surface area (Å²) >= 11 is 0. The van der Waals surface area contributed by atoms with E-state index in [1.54, 1.807) is 39.0 Å². The second-order valence-electron chi connectivity index (χ2n) is 15.3. The van der Waals surface area contributed by atoms with Crippen LogP contribution in [0.5, 0.6) is 11.8 Å². The van der Waals surface area contributed by atoms with Gasteiger partial charge in [0, 0.05) is 70.3 Å². The lowest BCUT2D eigenvalue weighted by Gasteiger charge is -2.38. The molecule has 2 fully saturated rings. The number of piperazine rings is 1. The second kappa shape index (κ2) is 15.2. The summed E-state index contributed by atoms with van der Waals surface area (Å²) in [5.41, 5.74) is 0.235. The predicted molar refractivity (Wildman–Crippen MR) is 197 cm³/mol. The van der Waals surface area contributed by atoms with Crippen LogP contribution in [-0.4, -0.2) is 113 Å². The lowest BCUT2D eigenvalue weighted by atomic mass is 9.70. The van der Waals surface area contributed by atoms with Crippen molar-refractivity contribution in [3.63, 3.8) is 0 Å². The first-order valence-corrected chi connectivity index (χ1v) is 20.0. The number of nitrogens with one attached hydrogen (secondary N) is 1.